The van der Waals surface area contributed by atoms with E-state index in [4.69, 9.17) is 9.47 Å². The first-order valence-electron chi connectivity index (χ1n) is 11.2. The highest BCUT2D eigenvalue weighted by molar-refractivity contribution is 5.84. The molecule has 0 bridgehead atoms. The molecule has 2 N–H and O–H groups in total. The summed E-state index contributed by atoms with van der Waals surface area (Å²) in [5.41, 5.74) is 4.44. The zero-order valence-corrected chi connectivity index (χ0v) is 19.1. The quantitative estimate of drug-likeness (QED) is 0.338. The number of nitrogens with zero attached hydrogens (tertiary/aromatic N) is 2. The molecule has 4 rings (SSSR count). The van der Waals surface area contributed by atoms with Crippen molar-refractivity contribution in [2.75, 3.05) is 13.2 Å². The largest absolute Gasteiger partial charge is 0.493 e. The maximum Gasteiger partial charge on any atom is 0.260 e. The van der Waals surface area contributed by atoms with E-state index in [2.05, 4.69) is 27.1 Å². The van der Waals surface area contributed by atoms with Crippen molar-refractivity contribution in [2.24, 2.45) is 0 Å². The third kappa shape index (κ3) is 4.98. The topological polar surface area (TPSA) is 92.9 Å². The normalized spacial score (nSPS) is 10.9. The average molecular weight is 445 g/mol. The molecule has 7 heteroatoms. The highest BCUT2D eigenvalue weighted by Crippen LogP contribution is 2.36. The monoisotopic (exact) mass is 444 g/mol. The number of aromatic nitrogens is 4. The molecule has 0 atom stereocenters. The van der Waals surface area contributed by atoms with Gasteiger partial charge < -0.3 is 14.5 Å². The van der Waals surface area contributed by atoms with Gasteiger partial charge in [-0.2, -0.15) is 5.10 Å². The van der Waals surface area contributed by atoms with Crippen LogP contribution < -0.4 is 15.0 Å². The number of benzene rings is 2. The molecule has 0 amide bonds. The Balaban J connectivity index is 1.85. The van der Waals surface area contributed by atoms with E-state index in [1.807, 2.05) is 62.4 Å². The van der Waals surface area contributed by atoms with E-state index in [-0.39, 0.29) is 5.56 Å². The molecule has 2 aromatic heterocycles. The summed E-state index contributed by atoms with van der Waals surface area (Å²) in [5.74, 6) is 1.82. The number of aryl methyl sites for hydroxylation is 1. The lowest BCUT2D eigenvalue weighted by atomic mass is 9.97. The van der Waals surface area contributed by atoms with Crippen LogP contribution in [0.2, 0.25) is 0 Å². The minimum absolute atomic E-state index is 0.259. The lowest BCUT2D eigenvalue weighted by molar-refractivity contribution is 0.303. The number of hydrogen-bond donors (Lipinski definition) is 2. The number of unbranched alkanes of at least 4 members (excludes halogenated alkanes) is 1. The summed E-state index contributed by atoms with van der Waals surface area (Å²) in [4.78, 5) is 20.5. The summed E-state index contributed by atoms with van der Waals surface area (Å²) in [7, 11) is 0. The molecule has 0 spiro atoms. The summed E-state index contributed by atoms with van der Waals surface area (Å²) in [6.45, 7) is 7.24. The Labute approximate surface area is 192 Å². The molecule has 0 saturated carbocycles. The molecule has 0 saturated heterocycles. The molecular weight excluding hydrogens is 416 g/mol. The smallest absolute Gasteiger partial charge is 0.260 e. The second kappa shape index (κ2) is 10.2. The number of nitrogens with one attached hydrogen (secondary N) is 2. The highest BCUT2D eigenvalue weighted by atomic mass is 16.5. The lowest BCUT2D eigenvalue weighted by Gasteiger charge is -2.15. The first kappa shape index (κ1) is 22.3. The van der Waals surface area contributed by atoms with Gasteiger partial charge in [0.15, 0.2) is 5.82 Å². The van der Waals surface area contributed by atoms with Gasteiger partial charge in [0.05, 0.1) is 24.5 Å². The first-order chi connectivity index (χ1) is 16.1. The highest BCUT2D eigenvalue weighted by Gasteiger charge is 2.18. The molecule has 2 heterocycles. The first-order valence-corrected chi connectivity index (χ1v) is 11.2. The number of aromatic amines is 2. The van der Waals surface area contributed by atoms with Crippen LogP contribution in [-0.2, 0) is 0 Å². The van der Waals surface area contributed by atoms with Gasteiger partial charge in [-0.1, -0.05) is 43.2 Å². The number of ether oxygens (including phenoxy) is 2. The molecule has 4 aromatic rings. The van der Waals surface area contributed by atoms with E-state index in [0.717, 1.165) is 40.8 Å². The molecule has 0 unspecified atom stereocenters. The Bertz CT molecular complexity index is 1260. The number of rotatable bonds is 9. The number of H-pyrrole nitrogens is 2. The average Bonchev–Trinajstić information content (AvgIpc) is 3.34. The zero-order valence-electron chi connectivity index (χ0n) is 19.1. The summed E-state index contributed by atoms with van der Waals surface area (Å²) in [5, 5.41) is 6.74. The van der Waals surface area contributed by atoms with Gasteiger partial charge in [-0.25, -0.2) is 4.98 Å². The molecule has 0 aliphatic heterocycles. The molecule has 170 valence electrons. The fourth-order valence-electron chi connectivity index (χ4n) is 3.65. The molecule has 0 fully saturated rings. The van der Waals surface area contributed by atoms with Crippen molar-refractivity contribution in [3.05, 3.63) is 70.8 Å². The van der Waals surface area contributed by atoms with E-state index in [9.17, 15) is 4.79 Å². The van der Waals surface area contributed by atoms with Crippen molar-refractivity contribution in [1.82, 2.24) is 20.2 Å². The number of hydrogen-bond acceptors (Lipinski definition) is 5. The van der Waals surface area contributed by atoms with Crippen LogP contribution in [-0.4, -0.2) is 33.4 Å². The summed E-state index contributed by atoms with van der Waals surface area (Å²) in [6, 6.07) is 15.7. The van der Waals surface area contributed by atoms with Gasteiger partial charge in [0, 0.05) is 17.2 Å². The van der Waals surface area contributed by atoms with E-state index in [1.165, 1.54) is 6.33 Å². The predicted molar refractivity (Wildman–Crippen MR) is 130 cm³/mol. The van der Waals surface area contributed by atoms with Gasteiger partial charge in [0.25, 0.3) is 5.56 Å². The van der Waals surface area contributed by atoms with Crippen molar-refractivity contribution in [1.29, 1.82) is 0 Å². The standard InChI is InChI=1S/C26H28N4O3/c1-4-6-13-33-19-11-12-20(23(14-19)32-5-2)22-15-21(18-9-7-17(3)8-10-18)24(26(31)29-22)25-27-16-28-30-25/h7-12,14-16H,4-6,13H2,1-3H3,(H,29,31)(H,27,28,30). The Kier molecular flexibility index (Phi) is 6.88. The fraction of sp³-hybridized carbons (Fsp3) is 0.269. The maximum atomic E-state index is 13.3. The van der Waals surface area contributed by atoms with Crippen molar-refractivity contribution in [3.63, 3.8) is 0 Å². The lowest BCUT2D eigenvalue weighted by Crippen LogP contribution is -2.13. The van der Waals surface area contributed by atoms with Gasteiger partial charge in [-0.3, -0.25) is 9.89 Å². The molecule has 0 aliphatic rings. The van der Waals surface area contributed by atoms with Crippen LogP contribution in [0, 0.1) is 6.92 Å². The van der Waals surface area contributed by atoms with E-state index in [0.29, 0.717) is 36.0 Å². The molecule has 7 nitrogen and oxygen atoms in total. The Hall–Kier alpha value is -3.87. The third-order valence-electron chi connectivity index (χ3n) is 5.36. The van der Waals surface area contributed by atoms with Crippen LogP contribution >= 0.6 is 0 Å². The Morgan fingerprint density at radius 2 is 1.79 bits per heavy atom. The molecule has 0 radical (unpaired) electrons. The second-order valence-corrected chi connectivity index (χ2v) is 7.79. The maximum absolute atomic E-state index is 13.3. The van der Waals surface area contributed by atoms with Gasteiger partial charge in [0.2, 0.25) is 0 Å². The molecule has 0 aliphatic carbocycles. The van der Waals surface area contributed by atoms with Gasteiger partial charge >= 0.3 is 0 Å². The van der Waals surface area contributed by atoms with Crippen LogP contribution in [0.25, 0.3) is 33.8 Å². The third-order valence-corrected chi connectivity index (χ3v) is 5.36. The second-order valence-electron chi connectivity index (χ2n) is 7.79. The SMILES string of the molecule is CCCCOc1ccc(-c2cc(-c3ccc(C)cc3)c(-c3ncn[nH]3)c(=O)[nH]2)c(OCC)c1. The molecule has 2 aromatic carbocycles. The van der Waals surface area contributed by atoms with E-state index in [1.54, 1.807) is 0 Å². The minimum Gasteiger partial charge on any atom is -0.493 e. The van der Waals surface area contributed by atoms with E-state index >= 15 is 0 Å². The summed E-state index contributed by atoms with van der Waals surface area (Å²) < 4.78 is 11.8. The molecular formula is C26H28N4O3. The van der Waals surface area contributed by atoms with Crippen LogP contribution in [0.3, 0.4) is 0 Å². The van der Waals surface area contributed by atoms with E-state index < -0.39 is 0 Å². The zero-order chi connectivity index (χ0) is 23.2. The minimum atomic E-state index is -0.259. The summed E-state index contributed by atoms with van der Waals surface area (Å²) >= 11 is 0. The molecule has 33 heavy (non-hydrogen) atoms. The van der Waals surface area contributed by atoms with Crippen LogP contribution in [0.1, 0.15) is 32.3 Å². The fourth-order valence-corrected chi connectivity index (χ4v) is 3.65. The van der Waals surface area contributed by atoms with Crippen molar-refractivity contribution < 1.29 is 9.47 Å². The van der Waals surface area contributed by atoms with Crippen LogP contribution in [0.15, 0.2) is 59.7 Å². The Morgan fingerprint density at radius 1 is 0.970 bits per heavy atom. The van der Waals surface area contributed by atoms with Gasteiger partial charge in [0.1, 0.15) is 17.8 Å². The van der Waals surface area contributed by atoms with Crippen molar-refractivity contribution in [3.8, 4) is 45.3 Å². The van der Waals surface area contributed by atoms with Crippen molar-refractivity contribution in [2.45, 2.75) is 33.6 Å². The Morgan fingerprint density at radius 3 is 2.48 bits per heavy atom. The van der Waals surface area contributed by atoms with Crippen LogP contribution in [0.5, 0.6) is 11.5 Å². The number of pyridine rings is 1. The van der Waals surface area contributed by atoms with Crippen LogP contribution in [0.4, 0.5) is 0 Å². The van der Waals surface area contributed by atoms with Gasteiger partial charge in [-0.05, 0) is 44.0 Å². The van der Waals surface area contributed by atoms with Crippen molar-refractivity contribution >= 4 is 0 Å². The predicted octanol–water partition coefficient (Wildman–Crippen LogP) is 5.38. The van der Waals surface area contributed by atoms with Gasteiger partial charge in [-0.15, -0.1) is 0 Å². The summed E-state index contributed by atoms with van der Waals surface area (Å²) in [6.07, 6.45) is 3.45.